The van der Waals surface area contributed by atoms with E-state index in [-0.39, 0.29) is 0 Å². The fourth-order valence-corrected chi connectivity index (χ4v) is 3.11. The number of nitrogens with one attached hydrogen (secondary N) is 1. The van der Waals surface area contributed by atoms with Gasteiger partial charge in [-0.2, -0.15) is 0 Å². The summed E-state index contributed by atoms with van der Waals surface area (Å²) in [4.78, 5) is 1.40. The molecule has 0 aliphatic carbocycles. The van der Waals surface area contributed by atoms with Crippen LogP contribution in [0.1, 0.15) is 16.0 Å². The van der Waals surface area contributed by atoms with Crippen molar-refractivity contribution in [2.24, 2.45) is 0 Å². The molecule has 2 rings (SSSR count). The summed E-state index contributed by atoms with van der Waals surface area (Å²) in [6.45, 7) is 0.935. The fourth-order valence-electron chi connectivity index (χ4n) is 1.63. The molecule has 1 aromatic carbocycles. The molecule has 0 spiro atoms. The lowest BCUT2D eigenvalue weighted by Crippen LogP contribution is -2.04. The molecule has 0 bridgehead atoms. The summed E-state index contributed by atoms with van der Waals surface area (Å²) in [5.74, 6) is 0. The molecule has 0 saturated heterocycles. The molecule has 0 saturated carbocycles. The second-order valence-electron chi connectivity index (χ2n) is 3.75. The van der Waals surface area contributed by atoms with Gasteiger partial charge < -0.3 is 5.32 Å². The molecular formula is C13H14BrNS. The zero-order valence-corrected chi connectivity index (χ0v) is 11.6. The van der Waals surface area contributed by atoms with Gasteiger partial charge in [0.1, 0.15) is 0 Å². The molecule has 0 unspecified atom stereocenters. The van der Waals surface area contributed by atoms with Crippen molar-refractivity contribution in [3.8, 4) is 0 Å². The van der Waals surface area contributed by atoms with Crippen molar-refractivity contribution in [1.82, 2.24) is 5.32 Å². The van der Waals surface area contributed by atoms with E-state index in [1.807, 2.05) is 7.05 Å². The zero-order valence-electron chi connectivity index (χ0n) is 9.16. The Bertz CT molecular complexity index is 447. The Morgan fingerprint density at radius 2 is 1.88 bits per heavy atom. The maximum atomic E-state index is 3.48. The van der Waals surface area contributed by atoms with Crippen LogP contribution in [-0.2, 0) is 13.0 Å². The highest BCUT2D eigenvalue weighted by atomic mass is 79.9. The minimum Gasteiger partial charge on any atom is -0.316 e. The van der Waals surface area contributed by atoms with E-state index in [0.29, 0.717) is 0 Å². The molecular weight excluding hydrogens is 282 g/mol. The van der Waals surface area contributed by atoms with Gasteiger partial charge in [0.25, 0.3) is 0 Å². The SMILES string of the molecule is CNCc1ccc(Cc2cc(Br)cs2)cc1. The average Bonchev–Trinajstić information content (AvgIpc) is 2.67. The maximum absolute atomic E-state index is 3.48. The summed E-state index contributed by atoms with van der Waals surface area (Å²) < 4.78 is 1.18. The Morgan fingerprint density at radius 3 is 2.44 bits per heavy atom. The van der Waals surface area contributed by atoms with Crippen molar-refractivity contribution in [2.45, 2.75) is 13.0 Å². The van der Waals surface area contributed by atoms with Crippen molar-refractivity contribution < 1.29 is 0 Å². The van der Waals surface area contributed by atoms with E-state index >= 15 is 0 Å². The van der Waals surface area contributed by atoms with Crippen LogP contribution >= 0.6 is 27.3 Å². The molecule has 1 N–H and O–H groups in total. The predicted octanol–water partition coefficient (Wildman–Crippen LogP) is 3.82. The first-order valence-electron chi connectivity index (χ1n) is 5.23. The molecule has 1 nitrogen and oxygen atoms in total. The summed E-state index contributed by atoms with van der Waals surface area (Å²) in [6.07, 6.45) is 1.02. The van der Waals surface area contributed by atoms with Gasteiger partial charge in [-0.15, -0.1) is 11.3 Å². The molecule has 0 radical (unpaired) electrons. The average molecular weight is 296 g/mol. The van der Waals surface area contributed by atoms with E-state index in [9.17, 15) is 0 Å². The molecule has 16 heavy (non-hydrogen) atoms. The van der Waals surface area contributed by atoms with Gasteiger partial charge in [-0.1, -0.05) is 24.3 Å². The van der Waals surface area contributed by atoms with Gasteiger partial charge in [0.2, 0.25) is 0 Å². The number of hydrogen-bond donors (Lipinski definition) is 1. The van der Waals surface area contributed by atoms with Crippen LogP contribution < -0.4 is 5.32 Å². The molecule has 1 heterocycles. The van der Waals surface area contributed by atoms with Gasteiger partial charge >= 0.3 is 0 Å². The van der Waals surface area contributed by atoms with Gasteiger partial charge in [-0.3, -0.25) is 0 Å². The molecule has 1 aromatic heterocycles. The van der Waals surface area contributed by atoms with Crippen molar-refractivity contribution in [3.05, 3.63) is 56.2 Å². The maximum Gasteiger partial charge on any atom is 0.0285 e. The van der Waals surface area contributed by atoms with Crippen molar-refractivity contribution >= 4 is 27.3 Å². The summed E-state index contributed by atoms with van der Waals surface area (Å²) in [6, 6.07) is 11.0. The van der Waals surface area contributed by atoms with Crippen molar-refractivity contribution in [2.75, 3.05) is 7.05 Å². The molecule has 0 atom stereocenters. The lowest BCUT2D eigenvalue weighted by atomic mass is 10.1. The monoisotopic (exact) mass is 295 g/mol. The summed E-state index contributed by atoms with van der Waals surface area (Å²) in [5, 5.41) is 5.28. The fraction of sp³-hybridized carbons (Fsp3) is 0.231. The first-order chi connectivity index (χ1) is 7.78. The Morgan fingerprint density at radius 1 is 1.19 bits per heavy atom. The summed E-state index contributed by atoms with van der Waals surface area (Å²) in [5.41, 5.74) is 2.70. The standard InChI is InChI=1S/C13H14BrNS/c1-15-8-11-4-2-10(3-5-11)6-13-7-12(14)9-16-13/h2-5,7,9,15H,6,8H2,1H3. The Hall–Kier alpha value is -0.640. The van der Waals surface area contributed by atoms with Gasteiger partial charge in [0, 0.05) is 27.7 Å². The predicted molar refractivity (Wildman–Crippen MR) is 74.0 cm³/mol. The minimum absolute atomic E-state index is 0.935. The van der Waals surface area contributed by atoms with Crippen LogP contribution in [0.15, 0.2) is 40.2 Å². The van der Waals surface area contributed by atoms with E-state index < -0.39 is 0 Å². The van der Waals surface area contributed by atoms with Gasteiger partial charge in [-0.05, 0) is 40.2 Å². The smallest absolute Gasteiger partial charge is 0.0285 e. The first-order valence-corrected chi connectivity index (χ1v) is 6.90. The quantitative estimate of drug-likeness (QED) is 0.904. The normalized spacial score (nSPS) is 10.6. The summed E-state index contributed by atoms with van der Waals surface area (Å²) >= 11 is 5.28. The van der Waals surface area contributed by atoms with E-state index in [1.54, 1.807) is 11.3 Å². The molecule has 0 aliphatic rings. The third-order valence-corrected chi connectivity index (χ3v) is 4.10. The van der Waals surface area contributed by atoms with Crippen LogP contribution in [0, 0.1) is 0 Å². The van der Waals surface area contributed by atoms with Gasteiger partial charge in [0.15, 0.2) is 0 Å². The van der Waals surface area contributed by atoms with E-state index in [4.69, 9.17) is 0 Å². The van der Waals surface area contributed by atoms with Crippen LogP contribution in [0.5, 0.6) is 0 Å². The second-order valence-corrected chi connectivity index (χ2v) is 5.67. The highest BCUT2D eigenvalue weighted by Crippen LogP contribution is 2.22. The summed E-state index contributed by atoms with van der Waals surface area (Å²) in [7, 11) is 1.97. The molecule has 0 aliphatic heterocycles. The topological polar surface area (TPSA) is 12.0 Å². The molecule has 0 fully saturated rings. The third-order valence-electron chi connectivity index (χ3n) is 2.40. The highest BCUT2D eigenvalue weighted by Gasteiger charge is 2.00. The largest absolute Gasteiger partial charge is 0.316 e. The van der Waals surface area contributed by atoms with Crippen molar-refractivity contribution in [1.29, 1.82) is 0 Å². The number of rotatable bonds is 4. The van der Waals surface area contributed by atoms with Gasteiger partial charge in [0.05, 0.1) is 0 Å². The highest BCUT2D eigenvalue weighted by molar-refractivity contribution is 9.10. The number of thiophene rings is 1. The molecule has 3 heteroatoms. The number of hydrogen-bond acceptors (Lipinski definition) is 2. The zero-order chi connectivity index (χ0) is 11.4. The molecule has 0 amide bonds. The van der Waals surface area contributed by atoms with Crippen LogP contribution in [0.3, 0.4) is 0 Å². The van der Waals surface area contributed by atoms with Crippen LogP contribution in [0.4, 0.5) is 0 Å². The lowest BCUT2D eigenvalue weighted by molar-refractivity contribution is 0.817. The second kappa shape index (κ2) is 5.62. The van der Waals surface area contributed by atoms with Crippen LogP contribution in [0.25, 0.3) is 0 Å². The minimum atomic E-state index is 0.935. The van der Waals surface area contributed by atoms with E-state index in [0.717, 1.165) is 13.0 Å². The Balaban J connectivity index is 2.05. The van der Waals surface area contributed by atoms with E-state index in [1.165, 1.54) is 20.5 Å². The number of benzene rings is 1. The Kier molecular flexibility index (Phi) is 4.16. The third kappa shape index (κ3) is 3.17. The van der Waals surface area contributed by atoms with Crippen LogP contribution in [-0.4, -0.2) is 7.05 Å². The van der Waals surface area contributed by atoms with Gasteiger partial charge in [-0.25, -0.2) is 0 Å². The molecule has 2 aromatic rings. The van der Waals surface area contributed by atoms with E-state index in [2.05, 4.69) is 57.0 Å². The molecule has 84 valence electrons. The lowest BCUT2D eigenvalue weighted by Gasteiger charge is -2.02. The first kappa shape index (κ1) is 11.8. The Labute approximate surface area is 109 Å². The number of halogens is 1. The van der Waals surface area contributed by atoms with Crippen molar-refractivity contribution in [3.63, 3.8) is 0 Å². The van der Waals surface area contributed by atoms with Crippen LogP contribution in [0.2, 0.25) is 0 Å².